The van der Waals surface area contributed by atoms with Gasteiger partial charge in [0, 0.05) is 17.5 Å². The zero-order chi connectivity index (χ0) is 10.3. The highest BCUT2D eigenvalue weighted by Crippen LogP contribution is 2.48. The molecule has 1 aromatic rings. The van der Waals surface area contributed by atoms with E-state index in [1.54, 1.807) is 6.20 Å². The van der Waals surface area contributed by atoms with Crippen molar-refractivity contribution >= 4 is 22.4 Å². The fourth-order valence-electron chi connectivity index (χ4n) is 3.05. The third-order valence-corrected chi connectivity index (χ3v) is 4.43. The fraction of sp³-hybridized carbons (Fsp3) is 0.636. The van der Waals surface area contributed by atoms with Crippen LogP contribution in [0, 0.1) is 17.8 Å². The quantitative estimate of drug-likeness (QED) is 0.835. The number of nitrogens with one attached hydrogen (secondary N) is 1. The largest absolute Gasteiger partial charge is 0.302 e. The molecular weight excluding hydrogens is 208 g/mol. The minimum Gasteiger partial charge on any atom is -0.302 e. The number of hydrogen-bond donors (Lipinski definition) is 1. The Morgan fingerprint density at radius 1 is 1.47 bits per heavy atom. The predicted molar refractivity (Wildman–Crippen MR) is 59.7 cm³/mol. The molecule has 2 saturated carbocycles. The Bertz CT molecular complexity index is 363. The van der Waals surface area contributed by atoms with Crippen molar-refractivity contribution < 1.29 is 4.79 Å². The molecular formula is C11H14N2OS. The molecule has 80 valence electrons. The smallest absolute Gasteiger partial charge is 0.229 e. The average molecular weight is 222 g/mol. The van der Waals surface area contributed by atoms with Crippen LogP contribution in [0.25, 0.3) is 0 Å². The summed E-state index contributed by atoms with van der Waals surface area (Å²) in [5, 5.41) is 5.54. The molecule has 3 nitrogen and oxygen atoms in total. The van der Waals surface area contributed by atoms with E-state index in [1.807, 2.05) is 5.38 Å². The van der Waals surface area contributed by atoms with Gasteiger partial charge < -0.3 is 5.32 Å². The lowest BCUT2D eigenvalue weighted by Crippen LogP contribution is -2.27. The molecule has 1 amide bonds. The summed E-state index contributed by atoms with van der Waals surface area (Å²) < 4.78 is 0. The molecule has 0 aliphatic heterocycles. The van der Waals surface area contributed by atoms with E-state index in [2.05, 4.69) is 10.3 Å². The summed E-state index contributed by atoms with van der Waals surface area (Å²) >= 11 is 1.49. The van der Waals surface area contributed by atoms with Crippen LogP contribution in [-0.4, -0.2) is 10.9 Å². The second-order valence-electron chi connectivity index (χ2n) is 4.61. The van der Waals surface area contributed by atoms with Gasteiger partial charge in [0.25, 0.3) is 0 Å². The van der Waals surface area contributed by atoms with Crippen LogP contribution in [0.5, 0.6) is 0 Å². The minimum absolute atomic E-state index is 0.192. The Hall–Kier alpha value is -0.900. The number of rotatable bonds is 2. The average Bonchev–Trinajstić information content (AvgIpc) is 2.93. The van der Waals surface area contributed by atoms with E-state index in [0.717, 1.165) is 17.5 Å². The standard InChI is InChI=1S/C11H14N2OS/c14-10(13-11-12-3-4-15-11)9-6-7-1-2-8(9)5-7/h3-4,7-9H,1-2,5-6H2,(H,12,13,14)/t7-,8-,9-/m0/s1. The van der Waals surface area contributed by atoms with Gasteiger partial charge in [0.1, 0.15) is 0 Å². The molecule has 1 N–H and O–H groups in total. The number of hydrogen-bond acceptors (Lipinski definition) is 3. The maximum Gasteiger partial charge on any atom is 0.229 e. The molecule has 0 aromatic carbocycles. The third-order valence-electron chi connectivity index (χ3n) is 3.74. The maximum absolute atomic E-state index is 12.0. The van der Waals surface area contributed by atoms with E-state index in [4.69, 9.17) is 0 Å². The van der Waals surface area contributed by atoms with Gasteiger partial charge in [0.05, 0.1) is 0 Å². The van der Waals surface area contributed by atoms with E-state index >= 15 is 0 Å². The SMILES string of the molecule is O=C(Nc1nccs1)[C@H]1C[C@H]2CC[C@H]1C2. The van der Waals surface area contributed by atoms with Gasteiger partial charge in [-0.05, 0) is 31.1 Å². The number of nitrogens with zero attached hydrogens (tertiary/aromatic N) is 1. The van der Waals surface area contributed by atoms with Crippen LogP contribution < -0.4 is 5.32 Å². The number of aromatic nitrogens is 1. The first-order valence-corrected chi connectivity index (χ1v) is 6.41. The van der Waals surface area contributed by atoms with Crippen molar-refractivity contribution in [2.24, 2.45) is 17.8 Å². The lowest BCUT2D eigenvalue weighted by molar-refractivity contribution is -0.121. The first-order valence-electron chi connectivity index (χ1n) is 5.53. The zero-order valence-corrected chi connectivity index (χ0v) is 9.30. The molecule has 0 unspecified atom stereocenters. The van der Waals surface area contributed by atoms with Gasteiger partial charge in [0.2, 0.25) is 5.91 Å². The molecule has 3 rings (SSSR count). The minimum atomic E-state index is 0.192. The molecule has 0 radical (unpaired) electrons. The molecule has 1 aromatic heterocycles. The maximum atomic E-state index is 12.0. The van der Waals surface area contributed by atoms with Crippen LogP contribution in [0.15, 0.2) is 11.6 Å². The Labute approximate surface area is 92.9 Å². The Morgan fingerprint density at radius 2 is 2.40 bits per heavy atom. The van der Waals surface area contributed by atoms with Crippen LogP contribution in [0.2, 0.25) is 0 Å². The van der Waals surface area contributed by atoms with Crippen molar-refractivity contribution in [1.82, 2.24) is 4.98 Å². The van der Waals surface area contributed by atoms with Gasteiger partial charge in [-0.15, -0.1) is 11.3 Å². The normalized spacial score (nSPS) is 33.2. The van der Waals surface area contributed by atoms with Crippen molar-refractivity contribution in [3.8, 4) is 0 Å². The molecule has 15 heavy (non-hydrogen) atoms. The summed E-state index contributed by atoms with van der Waals surface area (Å²) in [6.07, 6.45) is 6.69. The summed E-state index contributed by atoms with van der Waals surface area (Å²) in [6.45, 7) is 0. The topological polar surface area (TPSA) is 42.0 Å². The lowest BCUT2D eigenvalue weighted by Gasteiger charge is -2.19. The molecule has 0 spiro atoms. The zero-order valence-electron chi connectivity index (χ0n) is 8.48. The van der Waals surface area contributed by atoms with E-state index in [-0.39, 0.29) is 11.8 Å². The summed E-state index contributed by atoms with van der Waals surface area (Å²) in [5.74, 6) is 1.92. The highest BCUT2D eigenvalue weighted by Gasteiger charge is 2.43. The van der Waals surface area contributed by atoms with Crippen LogP contribution in [0.1, 0.15) is 25.7 Å². The highest BCUT2D eigenvalue weighted by molar-refractivity contribution is 7.13. The van der Waals surface area contributed by atoms with Gasteiger partial charge >= 0.3 is 0 Å². The number of anilines is 1. The summed E-state index contributed by atoms with van der Waals surface area (Å²) in [5.41, 5.74) is 0. The number of thiazole rings is 1. The van der Waals surface area contributed by atoms with Gasteiger partial charge in [-0.25, -0.2) is 4.98 Å². The number of carbonyl (C=O) groups is 1. The van der Waals surface area contributed by atoms with Crippen molar-refractivity contribution in [3.63, 3.8) is 0 Å². The van der Waals surface area contributed by atoms with Crippen molar-refractivity contribution in [2.45, 2.75) is 25.7 Å². The molecule has 2 fully saturated rings. The fourth-order valence-corrected chi connectivity index (χ4v) is 3.58. The molecule has 0 saturated heterocycles. The monoisotopic (exact) mass is 222 g/mol. The van der Waals surface area contributed by atoms with Crippen molar-refractivity contribution in [3.05, 3.63) is 11.6 Å². The molecule has 2 aliphatic carbocycles. The van der Waals surface area contributed by atoms with E-state index in [9.17, 15) is 4.79 Å². The summed E-state index contributed by atoms with van der Waals surface area (Å²) in [4.78, 5) is 16.0. The lowest BCUT2D eigenvalue weighted by atomic mass is 9.88. The second-order valence-corrected chi connectivity index (χ2v) is 5.50. The molecule has 2 bridgehead atoms. The van der Waals surface area contributed by atoms with Crippen LogP contribution in [-0.2, 0) is 4.79 Å². The van der Waals surface area contributed by atoms with E-state index in [1.165, 1.54) is 30.6 Å². The molecule has 3 atom stereocenters. The van der Waals surface area contributed by atoms with Gasteiger partial charge in [-0.3, -0.25) is 4.79 Å². The van der Waals surface area contributed by atoms with Gasteiger partial charge in [-0.2, -0.15) is 0 Å². The van der Waals surface area contributed by atoms with Crippen LogP contribution >= 0.6 is 11.3 Å². The summed E-state index contributed by atoms with van der Waals surface area (Å²) in [7, 11) is 0. The van der Waals surface area contributed by atoms with Crippen molar-refractivity contribution in [1.29, 1.82) is 0 Å². The molecule has 1 heterocycles. The van der Waals surface area contributed by atoms with E-state index in [0.29, 0.717) is 5.92 Å². The third kappa shape index (κ3) is 1.67. The summed E-state index contributed by atoms with van der Waals surface area (Å²) in [6, 6.07) is 0. The first-order chi connectivity index (χ1) is 7.33. The number of amides is 1. The Morgan fingerprint density at radius 3 is 3.00 bits per heavy atom. The number of fused-ring (bicyclic) bond motifs is 2. The van der Waals surface area contributed by atoms with Gasteiger partial charge in [-0.1, -0.05) is 6.42 Å². The Balaban J connectivity index is 1.66. The highest BCUT2D eigenvalue weighted by atomic mass is 32.1. The Kier molecular flexibility index (Phi) is 2.24. The predicted octanol–water partition coefficient (Wildman–Crippen LogP) is 2.52. The molecule has 2 aliphatic rings. The van der Waals surface area contributed by atoms with Crippen LogP contribution in [0.3, 0.4) is 0 Å². The second kappa shape index (κ2) is 3.59. The van der Waals surface area contributed by atoms with Crippen LogP contribution in [0.4, 0.5) is 5.13 Å². The van der Waals surface area contributed by atoms with E-state index < -0.39 is 0 Å². The van der Waals surface area contributed by atoms with Gasteiger partial charge in [0.15, 0.2) is 5.13 Å². The molecule has 4 heteroatoms. The number of carbonyl (C=O) groups excluding carboxylic acids is 1. The van der Waals surface area contributed by atoms with Crippen molar-refractivity contribution in [2.75, 3.05) is 5.32 Å². The first kappa shape index (κ1) is 9.33.